The van der Waals surface area contributed by atoms with E-state index in [1.807, 2.05) is 0 Å². The standard InChI is InChI=1S/C21H24Cl2IN3O4S/c1-4-25-21(29)14(2)26(12-17-18(22)6-5-7-19(17)23)20(28)13-27(32(3,30)31)16-10-8-15(24)9-11-16/h5-11,14H,4,12-13H2,1-3H3,(H,25,29)/t14-/m0/s1. The van der Waals surface area contributed by atoms with Gasteiger partial charge in [-0.2, -0.15) is 0 Å². The normalized spacial score (nSPS) is 12.2. The summed E-state index contributed by atoms with van der Waals surface area (Å²) in [5.41, 5.74) is 0.822. The van der Waals surface area contributed by atoms with E-state index in [1.165, 1.54) is 4.90 Å². The molecule has 0 aliphatic rings. The first-order valence-corrected chi connectivity index (χ1v) is 13.4. The van der Waals surface area contributed by atoms with Crippen LogP contribution in [0.15, 0.2) is 42.5 Å². The van der Waals surface area contributed by atoms with E-state index < -0.39 is 28.5 Å². The lowest BCUT2D eigenvalue weighted by Crippen LogP contribution is -2.51. The molecule has 2 aromatic rings. The zero-order valence-corrected chi connectivity index (χ0v) is 22.3. The van der Waals surface area contributed by atoms with Gasteiger partial charge in [0.15, 0.2) is 0 Å². The quantitative estimate of drug-likeness (QED) is 0.436. The van der Waals surface area contributed by atoms with Crippen LogP contribution in [-0.2, 0) is 26.2 Å². The number of amides is 2. The lowest BCUT2D eigenvalue weighted by atomic mass is 10.1. The highest BCUT2D eigenvalue weighted by atomic mass is 127. The first-order chi connectivity index (χ1) is 15.0. The number of nitrogens with one attached hydrogen (secondary N) is 1. The Bertz CT molecular complexity index is 1060. The van der Waals surface area contributed by atoms with Crippen LogP contribution in [0.4, 0.5) is 5.69 Å². The summed E-state index contributed by atoms with van der Waals surface area (Å²) in [5.74, 6) is -0.937. The fourth-order valence-electron chi connectivity index (χ4n) is 2.98. The van der Waals surface area contributed by atoms with Crippen LogP contribution < -0.4 is 9.62 Å². The molecule has 0 bridgehead atoms. The van der Waals surface area contributed by atoms with Gasteiger partial charge in [0.05, 0.1) is 11.9 Å². The van der Waals surface area contributed by atoms with E-state index in [9.17, 15) is 18.0 Å². The molecule has 0 saturated heterocycles. The van der Waals surface area contributed by atoms with Gasteiger partial charge in [-0.3, -0.25) is 13.9 Å². The molecule has 0 heterocycles. The molecule has 1 atom stereocenters. The minimum absolute atomic E-state index is 0.0556. The summed E-state index contributed by atoms with van der Waals surface area (Å²) in [4.78, 5) is 27.2. The van der Waals surface area contributed by atoms with E-state index >= 15 is 0 Å². The molecule has 0 aliphatic carbocycles. The molecule has 32 heavy (non-hydrogen) atoms. The SMILES string of the molecule is CCNC(=O)[C@H](C)N(Cc1c(Cl)cccc1Cl)C(=O)CN(c1ccc(I)cc1)S(C)(=O)=O. The Labute approximate surface area is 212 Å². The van der Waals surface area contributed by atoms with E-state index in [1.54, 1.807) is 56.3 Å². The van der Waals surface area contributed by atoms with Crippen molar-refractivity contribution in [2.75, 3.05) is 23.7 Å². The number of likely N-dealkylation sites (N-methyl/N-ethyl adjacent to an activating group) is 1. The van der Waals surface area contributed by atoms with Crippen LogP contribution in [0.2, 0.25) is 10.0 Å². The molecule has 2 aromatic carbocycles. The highest BCUT2D eigenvalue weighted by molar-refractivity contribution is 14.1. The van der Waals surface area contributed by atoms with Crippen molar-refractivity contribution >= 4 is 73.3 Å². The zero-order chi connectivity index (χ0) is 24.1. The smallest absolute Gasteiger partial charge is 0.244 e. The number of sulfonamides is 1. The minimum atomic E-state index is -3.77. The third-order valence-corrected chi connectivity index (χ3v) is 7.27. The number of carbonyl (C=O) groups excluding carboxylic acids is 2. The summed E-state index contributed by atoms with van der Waals surface area (Å²) >= 11 is 14.7. The van der Waals surface area contributed by atoms with E-state index in [-0.39, 0.29) is 12.5 Å². The van der Waals surface area contributed by atoms with E-state index in [2.05, 4.69) is 27.9 Å². The Morgan fingerprint density at radius 2 is 1.66 bits per heavy atom. The van der Waals surface area contributed by atoms with Crippen LogP contribution in [0, 0.1) is 3.57 Å². The fraction of sp³-hybridized carbons (Fsp3) is 0.333. The largest absolute Gasteiger partial charge is 0.355 e. The summed E-state index contributed by atoms with van der Waals surface area (Å²) in [6.07, 6.45) is 1.03. The molecule has 0 unspecified atom stereocenters. The van der Waals surface area contributed by atoms with Crippen molar-refractivity contribution in [3.05, 3.63) is 61.6 Å². The van der Waals surface area contributed by atoms with Crippen LogP contribution >= 0.6 is 45.8 Å². The maximum absolute atomic E-state index is 13.4. The van der Waals surface area contributed by atoms with Gasteiger partial charge in [0.1, 0.15) is 12.6 Å². The summed E-state index contributed by atoms with van der Waals surface area (Å²) in [6.45, 7) is 3.19. The van der Waals surface area contributed by atoms with Crippen molar-refractivity contribution in [3.8, 4) is 0 Å². The van der Waals surface area contributed by atoms with Crippen molar-refractivity contribution in [2.45, 2.75) is 26.4 Å². The Balaban J connectivity index is 2.43. The molecular formula is C21H24Cl2IN3O4S. The molecule has 0 fully saturated rings. The van der Waals surface area contributed by atoms with Gasteiger partial charge < -0.3 is 10.2 Å². The van der Waals surface area contributed by atoms with Crippen LogP contribution in [0.1, 0.15) is 19.4 Å². The van der Waals surface area contributed by atoms with Gasteiger partial charge in [-0.25, -0.2) is 8.42 Å². The van der Waals surface area contributed by atoms with Crippen molar-refractivity contribution in [3.63, 3.8) is 0 Å². The monoisotopic (exact) mass is 611 g/mol. The van der Waals surface area contributed by atoms with Crippen molar-refractivity contribution in [1.82, 2.24) is 10.2 Å². The Morgan fingerprint density at radius 3 is 2.16 bits per heavy atom. The van der Waals surface area contributed by atoms with Gasteiger partial charge in [0.2, 0.25) is 21.8 Å². The van der Waals surface area contributed by atoms with Crippen LogP contribution in [0.25, 0.3) is 0 Å². The lowest BCUT2D eigenvalue weighted by molar-refractivity contribution is -0.139. The maximum Gasteiger partial charge on any atom is 0.244 e. The summed E-state index contributed by atoms with van der Waals surface area (Å²) in [7, 11) is -3.77. The molecular weight excluding hydrogens is 588 g/mol. The second-order valence-electron chi connectivity index (χ2n) is 7.04. The van der Waals surface area contributed by atoms with E-state index in [4.69, 9.17) is 23.2 Å². The number of nitrogens with zero attached hydrogens (tertiary/aromatic N) is 2. The Hall–Kier alpha value is -1.56. The molecule has 0 aliphatic heterocycles. The fourth-order valence-corrected chi connectivity index (χ4v) is 4.71. The Morgan fingerprint density at radius 1 is 1.09 bits per heavy atom. The molecule has 0 saturated carbocycles. The van der Waals surface area contributed by atoms with Gasteiger partial charge in [0.25, 0.3) is 0 Å². The van der Waals surface area contributed by atoms with E-state index in [0.29, 0.717) is 27.8 Å². The predicted molar refractivity (Wildman–Crippen MR) is 137 cm³/mol. The molecule has 0 aromatic heterocycles. The molecule has 174 valence electrons. The van der Waals surface area contributed by atoms with Gasteiger partial charge in [-0.05, 0) is 72.8 Å². The molecule has 2 rings (SSSR count). The molecule has 11 heteroatoms. The van der Waals surface area contributed by atoms with Crippen molar-refractivity contribution in [1.29, 1.82) is 0 Å². The number of anilines is 1. The van der Waals surface area contributed by atoms with Crippen molar-refractivity contribution in [2.24, 2.45) is 0 Å². The molecule has 7 nitrogen and oxygen atoms in total. The topological polar surface area (TPSA) is 86.8 Å². The van der Waals surface area contributed by atoms with Crippen LogP contribution in [0.3, 0.4) is 0 Å². The van der Waals surface area contributed by atoms with Crippen molar-refractivity contribution < 1.29 is 18.0 Å². The van der Waals surface area contributed by atoms with Crippen LogP contribution in [0.5, 0.6) is 0 Å². The first-order valence-electron chi connectivity index (χ1n) is 9.69. The molecule has 0 spiro atoms. The number of benzene rings is 2. The first kappa shape index (κ1) is 26.7. The number of hydrogen-bond acceptors (Lipinski definition) is 4. The zero-order valence-electron chi connectivity index (χ0n) is 17.8. The second-order valence-corrected chi connectivity index (χ2v) is 11.0. The summed E-state index contributed by atoms with van der Waals surface area (Å²) < 4.78 is 26.9. The number of halogens is 3. The highest BCUT2D eigenvalue weighted by Gasteiger charge is 2.30. The third-order valence-electron chi connectivity index (χ3n) is 4.70. The molecule has 0 radical (unpaired) electrons. The number of hydrogen-bond donors (Lipinski definition) is 1. The predicted octanol–water partition coefficient (Wildman–Crippen LogP) is 3.92. The summed E-state index contributed by atoms with van der Waals surface area (Å²) in [6, 6.07) is 10.8. The van der Waals surface area contributed by atoms with Gasteiger partial charge in [-0.1, -0.05) is 29.3 Å². The van der Waals surface area contributed by atoms with Gasteiger partial charge in [0, 0.05) is 32.3 Å². The average molecular weight is 612 g/mol. The Kier molecular flexibility index (Phi) is 9.62. The van der Waals surface area contributed by atoms with Gasteiger partial charge in [-0.15, -0.1) is 0 Å². The van der Waals surface area contributed by atoms with Gasteiger partial charge >= 0.3 is 0 Å². The van der Waals surface area contributed by atoms with E-state index in [0.717, 1.165) is 14.1 Å². The number of rotatable bonds is 9. The second kappa shape index (κ2) is 11.5. The average Bonchev–Trinajstić information content (AvgIpc) is 2.71. The maximum atomic E-state index is 13.4. The highest BCUT2D eigenvalue weighted by Crippen LogP contribution is 2.27. The lowest BCUT2D eigenvalue weighted by Gasteiger charge is -2.31. The van der Waals surface area contributed by atoms with Crippen LogP contribution in [-0.4, -0.2) is 50.5 Å². The molecule has 2 amide bonds. The number of carbonyl (C=O) groups is 2. The minimum Gasteiger partial charge on any atom is -0.355 e. The molecule has 1 N–H and O–H groups in total. The summed E-state index contributed by atoms with van der Waals surface area (Å²) in [5, 5.41) is 3.37. The third kappa shape index (κ3) is 6.97.